The standard InChI is InChI=1S/C12H15N3O3S/c1-9(10-2-5-13-6-3-10)14-15-12(16)11-4-7-19(17,18)8-11/h2-3,5-6,11H,4,7-8H2,1H3,(H,15,16)/b14-9-/t11-/m0/s1. The predicted octanol–water partition coefficient (Wildman–Crippen LogP) is 0.357. The molecule has 0 saturated carbocycles. The quantitative estimate of drug-likeness (QED) is 0.640. The van der Waals surface area contributed by atoms with E-state index in [-0.39, 0.29) is 17.4 Å². The van der Waals surface area contributed by atoms with Gasteiger partial charge in [0.2, 0.25) is 5.91 Å². The number of nitrogens with one attached hydrogen (secondary N) is 1. The molecule has 1 atom stereocenters. The number of rotatable bonds is 3. The number of hydrogen-bond donors (Lipinski definition) is 1. The van der Waals surface area contributed by atoms with Gasteiger partial charge in [0.25, 0.3) is 0 Å². The van der Waals surface area contributed by atoms with E-state index in [1.165, 1.54) is 0 Å². The van der Waals surface area contributed by atoms with Crippen LogP contribution in [0.25, 0.3) is 0 Å². The average Bonchev–Trinajstić information content (AvgIpc) is 2.77. The van der Waals surface area contributed by atoms with Gasteiger partial charge in [-0.05, 0) is 25.5 Å². The van der Waals surface area contributed by atoms with Crippen molar-refractivity contribution in [2.45, 2.75) is 13.3 Å². The summed E-state index contributed by atoms with van der Waals surface area (Å²) < 4.78 is 22.6. The van der Waals surface area contributed by atoms with Gasteiger partial charge < -0.3 is 0 Å². The zero-order valence-electron chi connectivity index (χ0n) is 10.5. The third-order valence-corrected chi connectivity index (χ3v) is 4.80. The van der Waals surface area contributed by atoms with Crippen LogP contribution in [-0.4, -0.2) is 36.5 Å². The maximum atomic E-state index is 11.8. The third-order valence-electron chi connectivity index (χ3n) is 3.04. The largest absolute Gasteiger partial charge is 0.273 e. The summed E-state index contributed by atoms with van der Waals surface area (Å²) >= 11 is 0. The first-order valence-electron chi connectivity index (χ1n) is 5.93. The number of nitrogens with zero attached hydrogens (tertiary/aromatic N) is 2. The molecule has 7 heteroatoms. The molecule has 1 saturated heterocycles. The van der Waals surface area contributed by atoms with Crippen LogP contribution < -0.4 is 5.43 Å². The topological polar surface area (TPSA) is 88.5 Å². The van der Waals surface area contributed by atoms with Crippen LogP contribution in [0.15, 0.2) is 29.6 Å². The van der Waals surface area contributed by atoms with Crippen molar-refractivity contribution in [1.29, 1.82) is 0 Å². The molecule has 1 N–H and O–H groups in total. The summed E-state index contributed by atoms with van der Waals surface area (Å²) in [6.45, 7) is 1.76. The molecule has 0 unspecified atom stereocenters. The van der Waals surface area contributed by atoms with Gasteiger partial charge in [0, 0.05) is 18.0 Å². The fourth-order valence-corrected chi connectivity index (χ4v) is 3.63. The van der Waals surface area contributed by atoms with Crippen LogP contribution in [0.1, 0.15) is 18.9 Å². The van der Waals surface area contributed by atoms with E-state index in [1.807, 2.05) is 0 Å². The number of aromatic nitrogens is 1. The van der Waals surface area contributed by atoms with E-state index in [2.05, 4.69) is 15.5 Å². The Balaban J connectivity index is 1.97. The van der Waals surface area contributed by atoms with E-state index in [0.29, 0.717) is 12.1 Å². The fourth-order valence-electron chi connectivity index (χ4n) is 1.89. The first-order chi connectivity index (χ1) is 8.98. The average molecular weight is 281 g/mol. The molecule has 1 aromatic heterocycles. The van der Waals surface area contributed by atoms with Gasteiger partial charge in [0.15, 0.2) is 9.84 Å². The maximum Gasteiger partial charge on any atom is 0.244 e. The summed E-state index contributed by atoms with van der Waals surface area (Å²) in [7, 11) is -3.05. The molecule has 0 aromatic carbocycles. The molecule has 0 bridgehead atoms. The molecule has 1 fully saturated rings. The Labute approximate surface area is 111 Å². The number of hydrazone groups is 1. The van der Waals surface area contributed by atoms with Crippen LogP contribution in [0, 0.1) is 5.92 Å². The number of amides is 1. The van der Waals surface area contributed by atoms with Crippen molar-refractivity contribution in [2.24, 2.45) is 11.0 Å². The van der Waals surface area contributed by atoms with Crippen LogP contribution in [0.4, 0.5) is 0 Å². The van der Waals surface area contributed by atoms with E-state index < -0.39 is 15.8 Å². The first kappa shape index (κ1) is 13.7. The van der Waals surface area contributed by atoms with Crippen molar-refractivity contribution >= 4 is 21.5 Å². The minimum atomic E-state index is -3.05. The molecular formula is C12H15N3O3S. The number of carbonyl (C=O) groups is 1. The van der Waals surface area contributed by atoms with Gasteiger partial charge in [-0.25, -0.2) is 13.8 Å². The predicted molar refractivity (Wildman–Crippen MR) is 71.4 cm³/mol. The van der Waals surface area contributed by atoms with Crippen molar-refractivity contribution in [2.75, 3.05) is 11.5 Å². The Kier molecular flexibility index (Phi) is 3.94. The van der Waals surface area contributed by atoms with Crippen molar-refractivity contribution in [1.82, 2.24) is 10.4 Å². The van der Waals surface area contributed by atoms with Gasteiger partial charge in [0.05, 0.1) is 23.1 Å². The SMILES string of the molecule is C/C(=N/NC(=O)[C@H]1CCS(=O)(=O)C1)c1ccncc1. The number of hydrogen-bond acceptors (Lipinski definition) is 5. The third kappa shape index (κ3) is 3.60. The zero-order valence-corrected chi connectivity index (χ0v) is 11.4. The minimum absolute atomic E-state index is 0.0807. The molecule has 1 aromatic rings. The van der Waals surface area contributed by atoms with Crippen LogP contribution in [0.2, 0.25) is 0 Å². The Bertz CT molecular complexity index is 596. The molecule has 2 rings (SSSR count). The van der Waals surface area contributed by atoms with Crippen molar-refractivity contribution in [3.63, 3.8) is 0 Å². The molecule has 1 amide bonds. The Morgan fingerprint density at radius 2 is 2.11 bits per heavy atom. The second kappa shape index (κ2) is 5.48. The second-order valence-corrected chi connectivity index (χ2v) is 6.74. The van der Waals surface area contributed by atoms with E-state index in [1.54, 1.807) is 31.5 Å². The minimum Gasteiger partial charge on any atom is -0.273 e. The molecule has 0 radical (unpaired) electrons. The van der Waals surface area contributed by atoms with Crippen LogP contribution in [0.3, 0.4) is 0 Å². The second-order valence-electron chi connectivity index (χ2n) is 4.51. The maximum absolute atomic E-state index is 11.8. The van der Waals surface area contributed by atoms with Crippen LogP contribution in [0.5, 0.6) is 0 Å². The summed E-state index contributed by atoms with van der Waals surface area (Å²) in [6.07, 6.45) is 3.65. The lowest BCUT2D eigenvalue weighted by molar-refractivity contribution is -0.124. The molecule has 102 valence electrons. The summed E-state index contributed by atoms with van der Waals surface area (Å²) in [4.78, 5) is 15.7. The van der Waals surface area contributed by atoms with E-state index in [0.717, 1.165) is 5.56 Å². The summed E-state index contributed by atoms with van der Waals surface area (Å²) in [5, 5.41) is 3.98. The molecule has 0 spiro atoms. The van der Waals surface area contributed by atoms with Gasteiger partial charge in [-0.15, -0.1) is 0 Å². The van der Waals surface area contributed by atoms with Crippen molar-refractivity contribution in [3.8, 4) is 0 Å². The van der Waals surface area contributed by atoms with Gasteiger partial charge >= 0.3 is 0 Å². The monoisotopic (exact) mass is 281 g/mol. The summed E-state index contributed by atoms with van der Waals surface area (Å²) in [6, 6.07) is 3.57. The summed E-state index contributed by atoms with van der Waals surface area (Å²) in [5.41, 5.74) is 3.93. The fraction of sp³-hybridized carbons (Fsp3) is 0.417. The van der Waals surface area contributed by atoms with E-state index in [9.17, 15) is 13.2 Å². The first-order valence-corrected chi connectivity index (χ1v) is 7.75. The number of pyridine rings is 1. The highest BCUT2D eigenvalue weighted by atomic mass is 32.2. The molecule has 19 heavy (non-hydrogen) atoms. The Morgan fingerprint density at radius 3 is 2.68 bits per heavy atom. The zero-order chi connectivity index (χ0) is 13.9. The summed E-state index contributed by atoms with van der Waals surface area (Å²) in [5.74, 6) is -0.825. The molecular weight excluding hydrogens is 266 g/mol. The lowest BCUT2D eigenvalue weighted by Crippen LogP contribution is -2.28. The smallest absolute Gasteiger partial charge is 0.244 e. The normalized spacial score (nSPS) is 22.2. The Morgan fingerprint density at radius 1 is 1.42 bits per heavy atom. The van der Waals surface area contributed by atoms with Crippen LogP contribution in [-0.2, 0) is 14.6 Å². The molecule has 6 nitrogen and oxygen atoms in total. The number of sulfone groups is 1. The van der Waals surface area contributed by atoms with Gasteiger partial charge in [-0.1, -0.05) is 0 Å². The highest BCUT2D eigenvalue weighted by molar-refractivity contribution is 7.91. The van der Waals surface area contributed by atoms with Gasteiger partial charge in [-0.2, -0.15) is 5.10 Å². The van der Waals surface area contributed by atoms with Gasteiger partial charge in [-0.3, -0.25) is 9.78 Å². The Hall–Kier alpha value is -1.76. The molecule has 1 aliphatic rings. The van der Waals surface area contributed by atoms with E-state index in [4.69, 9.17) is 0 Å². The van der Waals surface area contributed by atoms with Gasteiger partial charge in [0.1, 0.15) is 0 Å². The van der Waals surface area contributed by atoms with Crippen molar-refractivity contribution in [3.05, 3.63) is 30.1 Å². The molecule has 2 heterocycles. The number of carbonyl (C=O) groups excluding carboxylic acids is 1. The highest BCUT2D eigenvalue weighted by Crippen LogP contribution is 2.18. The highest BCUT2D eigenvalue weighted by Gasteiger charge is 2.32. The lowest BCUT2D eigenvalue weighted by atomic mass is 10.1. The van der Waals surface area contributed by atoms with Crippen molar-refractivity contribution < 1.29 is 13.2 Å². The van der Waals surface area contributed by atoms with E-state index >= 15 is 0 Å². The molecule has 1 aliphatic heterocycles. The lowest BCUT2D eigenvalue weighted by Gasteiger charge is -2.06. The molecule has 0 aliphatic carbocycles. The van der Waals surface area contributed by atoms with Crippen LogP contribution >= 0.6 is 0 Å².